The summed E-state index contributed by atoms with van der Waals surface area (Å²) < 4.78 is 20.9. The molecule has 0 radical (unpaired) electrons. The second kappa shape index (κ2) is 15.6. The first-order valence-corrected chi connectivity index (χ1v) is 11.4. The van der Waals surface area contributed by atoms with E-state index in [-0.39, 0.29) is 24.8 Å². The van der Waals surface area contributed by atoms with Crippen LogP contribution in [-0.4, -0.2) is 101 Å². The van der Waals surface area contributed by atoms with Crippen LogP contribution in [0.25, 0.3) is 0 Å². The summed E-state index contributed by atoms with van der Waals surface area (Å²) in [5, 5.41) is 0. The lowest BCUT2D eigenvalue weighted by Crippen LogP contribution is -2.39. The zero-order chi connectivity index (χ0) is 23.3. The SMILES string of the molecule is C.CC(C)(C)C(=O)OCCCN1CCOCC1.CC(C)(C)C(=O)OCCN1CCOCC1. The van der Waals surface area contributed by atoms with Gasteiger partial charge in [-0.1, -0.05) is 7.43 Å². The Morgan fingerprint density at radius 2 is 1.06 bits per heavy atom. The van der Waals surface area contributed by atoms with E-state index < -0.39 is 5.41 Å². The fourth-order valence-corrected chi connectivity index (χ4v) is 2.80. The molecule has 190 valence electrons. The van der Waals surface area contributed by atoms with Gasteiger partial charge in [-0.25, -0.2) is 0 Å². The van der Waals surface area contributed by atoms with Crippen LogP contribution < -0.4 is 0 Å². The molecule has 8 heteroatoms. The van der Waals surface area contributed by atoms with E-state index in [1.54, 1.807) is 0 Å². The minimum absolute atomic E-state index is 0. The van der Waals surface area contributed by atoms with Crippen LogP contribution in [0.15, 0.2) is 0 Å². The Labute approximate surface area is 195 Å². The van der Waals surface area contributed by atoms with E-state index in [0.717, 1.165) is 72.1 Å². The van der Waals surface area contributed by atoms with Gasteiger partial charge >= 0.3 is 11.9 Å². The Morgan fingerprint density at radius 3 is 1.47 bits per heavy atom. The lowest BCUT2D eigenvalue weighted by molar-refractivity contribution is -0.154. The number of hydrogen-bond donors (Lipinski definition) is 0. The number of ether oxygens (including phenoxy) is 4. The maximum atomic E-state index is 11.5. The number of morpholine rings is 2. The number of rotatable bonds is 7. The van der Waals surface area contributed by atoms with E-state index in [1.807, 2.05) is 41.5 Å². The van der Waals surface area contributed by atoms with Crippen molar-refractivity contribution in [1.29, 1.82) is 0 Å². The minimum Gasteiger partial charge on any atom is -0.465 e. The van der Waals surface area contributed by atoms with Crippen LogP contribution in [0.2, 0.25) is 0 Å². The molecule has 2 heterocycles. The molecule has 2 saturated heterocycles. The van der Waals surface area contributed by atoms with Crippen molar-refractivity contribution in [3.8, 4) is 0 Å². The summed E-state index contributed by atoms with van der Waals surface area (Å²) in [6.07, 6.45) is 0.905. The van der Waals surface area contributed by atoms with E-state index >= 15 is 0 Å². The summed E-state index contributed by atoms with van der Waals surface area (Å²) in [6, 6.07) is 0. The molecular weight excluding hydrogens is 412 g/mol. The van der Waals surface area contributed by atoms with Gasteiger partial charge in [0.05, 0.1) is 43.9 Å². The first kappa shape index (κ1) is 30.8. The van der Waals surface area contributed by atoms with Gasteiger partial charge in [0.1, 0.15) is 6.61 Å². The van der Waals surface area contributed by atoms with E-state index in [4.69, 9.17) is 18.9 Å². The second-order valence-corrected chi connectivity index (χ2v) is 10.0. The van der Waals surface area contributed by atoms with Gasteiger partial charge in [0, 0.05) is 39.3 Å². The number of hydrogen-bond acceptors (Lipinski definition) is 8. The van der Waals surface area contributed by atoms with Gasteiger partial charge in [-0.05, 0) is 48.0 Å². The Bertz CT molecular complexity index is 516. The van der Waals surface area contributed by atoms with Crippen molar-refractivity contribution >= 4 is 11.9 Å². The van der Waals surface area contributed by atoms with Crippen molar-refractivity contribution in [1.82, 2.24) is 9.80 Å². The van der Waals surface area contributed by atoms with Crippen molar-refractivity contribution < 1.29 is 28.5 Å². The van der Waals surface area contributed by atoms with Gasteiger partial charge in [0.25, 0.3) is 0 Å². The molecule has 0 aromatic heterocycles. The monoisotopic (exact) mass is 460 g/mol. The summed E-state index contributed by atoms with van der Waals surface area (Å²) in [5.74, 6) is -0.245. The first-order chi connectivity index (χ1) is 14.5. The molecule has 0 aromatic rings. The summed E-state index contributed by atoms with van der Waals surface area (Å²) in [6.45, 7) is 21.1. The average molecular weight is 461 g/mol. The fraction of sp³-hybridized carbons (Fsp3) is 0.917. The smallest absolute Gasteiger partial charge is 0.311 e. The molecule has 0 bridgehead atoms. The third-order valence-corrected chi connectivity index (χ3v) is 4.92. The molecule has 2 aliphatic heterocycles. The van der Waals surface area contributed by atoms with Gasteiger partial charge in [0.15, 0.2) is 0 Å². The third kappa shape index (κ3) is 14.0. The summed E-state index contributed by atoms with van der Waals surface area (Å²) in [4.78, 5) is 27.5. The highest BCUT2D eigenvalue weighted by molar-refractivity contribution is 5.75. The standard InChI is InChI=1S/C12H23NO3.C11H21NO3.CH4/c1-12(2,3)11(14)16-8-4-5-13-6-9-15-10-7-13;1-11(2,3)10(13)15-9-6-12-4-7-14-8-5-12;/h4-10H2,1-3H3;4-9H2,1-3H3;1H4. The van der Waals surface area contributed by atoms with Gasteiger partial charge < -0.3 is 18.9 Å². The maximum absolute atomic E-state index is 11.5. The van der Waals surface area contributed by atoms with Gasteiger partial charge in [-0.3, -0.25) is 19.4 Å². The lowest BCUT2D eigenvalue weighted by atomic mass is 9.97. The minimum atomic E-state index is -0.398. The summed E-state index contributed by atoms with van der Waals surface area (Å²) >= 11 is 0. The van der Waals surface area contributed by atoms with Crippen molar-refractivity contribution in [3.63, 3.8) is 0 Å². The topological polar surface area (TPSA) is 77.5 Å². The van der Waals surface area contributed by atoms with Crippen LogP contribution in [0.5, 0.6) is 0 Å². The number of nitrogens with zero attached hydrogens (tertiary/aromatic N) is 2. The van der Waals surface area contributed by atoms with Crippen molar-refractivity contribution in [2.24, 2.45) is 10.8 Å². The number of carbonyl (C=O) groups is 2. The Morgan fingerprint density at radius 1 is 0.688 bits per heavy atom. The van der Waals surface area contributed by atoms with Crippen LogP contribution >= 0.6 is 0 Å². The number of carbonyl (C=O) groups excluding carboxylic acids is 2. The predicted molar refractivity (Wildman–Crippen MR) is 127 cm³/mol. The van der Waals surface area contributed by atoms with E-state index in [2.05, 4.69) is 9.80 Å². The van der Waals surface area contributed by atoms with E-state index in [9.17, 15) is 9.59 Å². The quantitative estimate of drug-likeness (QED) is 0.424. The van der Waals surface area contributed by atoms with Gasteiger partial charge in [-0.2, -0.15) is 0 Å². The molecule has 2 rings (SSSR count). The average Bonchev–Trinajstić information content (AvgIpc) is 2.71. The normalized spacial score (nSPS) is 18.1. The highest BCUT2D eigenvalue weighted by Gasteiger charge is 2.23. The van der Waals surface area contributed by atoms with E-state index in [1.165, 1.54) is 0 Å². The van der Waals surface area contributed by atoms with Gasteiger partial charge in [0.2, 0.25) is 0 Å². The molecule has 2 fully saturated rings. The maximum Gasteiger partial charge on any atom is 0.311 e. The number of esters is 2. The first-order valence-electron chi connectivity index (χ1n) is 11.4. The lowest BCUT2D eigenvalue weighted by Gasteiger charge is -2.26. The largest absolute Gasteiger partial charge is 0.465 e. The fourth-order valence-electron chi connectivity index (χ4n) is 2.80. The summed E-state index contributed by atoms with van der Waals surface area (Å²) in [7, 11) is 0. The van der Waals surface area contributed by atoms with Crippen molar-refractivity contribution in [3.05, 3.63) is 0 Å². The van der Waals surface area contributed by atoms with Crippen molar-refractivity contribution in [2.75, 3.05) is 78.9 Å². The molecule has 0 spiro atoms. The molecule has 0 amide bonds. The highest BCUT2D eigenvalue weighted by atomic mass is 16.5. The molecule has 2 aliphatic rings. The predicted octanol–water partition coefficient (Wildman–Crippen LogP) is 2.84. The molecule has 32 heavy (non-hydrogen) atoms. The zero-order valence-corrected chi connectivity index (χ0v) is 20.5. The van der Waals surface area contributed by atoms with Crippen LogP contribution in [0, 0.1) is 10.8 Å². The molecule has 0 atom stereocenters. The third-order valence-electron chi connectivity index (χ3n) is 4.92. The Balaban J connectivity index is 0.000000584. The zero-order valence-electron chi connectivity index (χ0n) is 20.5. The summed E-state index contributed by atoms with van der Waals surface area (Å²) in [5.41, 5.74) is -0.788. The van der Waals surface area contributed by atoms with Crippen LogP contribution in [0.4, 0.5) is 0 Å². The molecule has 8 nitrogen and oxygen atoms in total. The molecule has 0 N–H and O–H groups in total. The Kier molecular flexibility index (Phi) is 15.0. The van der Waals surface area contributed by atoms with E-state index in [0.29, 0.717) is 13.2 Å². The molecule has 0 unspecified atom stereocenters. The molecule has 0 aliphatic carbocycles. The molecular formula is C24H48N2O6. The van der Waals surface area contributed by atoms with Crippen LogP contribution in [-0.2, 0) is 28.5 Å². The van der Waals surface area contributed by atoms with Gasteiger partial charge in [-0.15, -0.1) is 0 Å². The highest BCUT2D eigenvalue weighted by Crippen LogP contribution is 2.15. The molecule has 0 saturated carbocycles. The second-order valence-electron chi connectivity index (χ2n) is 10.0. The van der Waals surface area contributed by atoms with Crippen molar-refractivity contribution in [2.45, 2.75) is 55.4 Å². The Hall–Kier alpha value is -1.22. The van der Waals surface area contributed by atoms with Crippen LogP contribution in [0.3, 0.4) is 0 Å². The molecule has 0 aromatic carbocycles. The van der Waals surface area contributed by atoms with Crippen LogP contribution in [0.1, 0.15) is 55.4 Å².